The van der Waals surface area contributed by atoms with Gasteiger partial charge < -0.3 is 5.11 Å². The summed E-state index contributed by atoms with van der Waals surface area (Å²) in [5, 5.41) is 9.03. The van der Waals surface area contributed by atoms with E-state index in [1.165, 1.54) is 10.4 Å². The van der Waals surface area contributed by atoms with Crippen LogP contribution in [-0.4, -0.2) is 36.9 Å². The van der Waals surface area contributed by atoms with E-state index >= 15 is 0 Å². The molecule has 2 rings (SSSR count). The van der Waals surface area contributed by atoms with Crippen molar-refractivity contribution in [2.45, 2.75) is 31.4 Å². The smallest absolute Gasteiger partial charge is 0.346 e. The molecule has 0 saturated carbocycles. The number of hydrogen-bond acceptors (Lipinski definition) is 4. The summed E-state index contributed by atoms with van der Waals surface area (Å²) in [5.41, 5.74) is 0.501. The van der Waals surface area contributed by atoms with Gasteiger partial charge in [0.2, 0.25) is 0 Å². The number of carboxylic acids is 1. The van der Waals surface area contributed by atoms with E-state index in [9.17, 15) is 13.2 Å². The molecule has 5 nitrogen and oxygen atoms in total. The second kappa shape index (κ2) is 5.46. The monoisotopic (exact) mass is 317 g/mol. The number of aromatic carboxylic acids is 1. The van der Waals surface area contributed by atoms with Crippen LogP contribution in [-0.2, 0) is 10.0 Å². The Labute approximate surface area is 123 Å². The third-order valence-electron chi connectivity index (χ3n) is 3.81. The Morgan fingerprint density at radius 2 is 2.15 bits per heavy atom. The minimum atomic E-state index is -3.55. The zero-order chi connectivity index (χ0) is 15.1. The van der Waals surface area contributed by atoms with E-state index in [0.717, 1.165) is 17.8 Å². The van der Waals surface area contributed by atoms with Gasteiger partial charge in [-0.15, -0.1) is 11.3 Å². The Balaban J connectivity index is 2.28. The first-order valence-electron chi connectivity index (χ1n) is 6.57. The largest absolute Gasteiger partial charge is 0.477 e. The first-order valence-corrected chi connectivity index (χ1v) is 8.83. The Kier molecular flexibility index (Phi) is 4.22. The Hall–Kier alpha value is -0.920. The maximum atomic E-state index is 12.5. The van der Waals surface area contributed by atoms with Gasteiger partial charge in [-0.1, -0.05) is 13.8 Å². The fourth-order valence-electron chi connectivity index (χ4n) is 2.44. The van der Waals surface area contributed by atoms with Crippen LogP contribution in [0, 0.1) is 18.8 Å². The molecule has 1 N–H and O–H groups in total. The van der Waals surface area contributed by atoms with Crippen LogP contribution in [0.1, 0.15) is 35.5 Å². The van der Waals surface area contributed by atoms with E-state index in [0.29, 0.717) is 30.5 Å². The quantitative estimate of drug-likeness (QED) is 0.925. The Bertz CT molecular complexity index is 618. The summed E-state index contributed by atoms with van der Waals surface area (Å²) in [5.74, 6) is -0.241. The van der Waals surface area contributed by atoms with Crippen LogP contribution in [0.2, 0.25) is 0 Å². The molecule has 20 heavy (non-hydrogen) atoms. The number of carbonyl (C=O) groups is 1. The molecule has 1 unspecified atom stereocenters. The van der Waals surface area contributed by atoms with Gasteiger partial charge in [-0.3, -0.25) is 0 Å². The summed E-state index contributed by atoms with van der Waals surface area (Å²) in [6.07, 6.45) is 0.868. The fraction of sp³-hybridized carbons (Fsp3) is 0.615. The highest BCUT2D eigenvalue weighted by atomic mass is 32.2. The maximum absolute atomic E-state index is 12.5. The SMILES string of the molecule is Cc1cc(S(=O)(=O)N2CCC(C(C)C)C2)sc1C(=O)O. The van der Waals surface area contributed by atoms with Crippen LogP contribution >= 0.6 is 11.3 Å². The van der Waals surface area contributed by atoms with Crippen molar-refractivity contribution in [2.75, 3.05) is 13.1 Å². The van der Waals surface area contributed by atoms with Gasteiger partial charge in [0.15, 0.2) is 0 Å². The van der Waals surface area contributed by atoms with E-state index in [1.807, 2.05) is 0 Å². The molecule has 112 valence electrons. The van der Waals surface area contributed by atoms with Gasteiger partial charge in [0.25, 0.3) is 10.0 Å². The summed E-state index contributed by atoms with van der Waals surface area (Å²) in [6.45, 7) is 6.86. The summed E-state index contributed by atoms with van der Waals surface area (Å²) in [7, 11) is -3.55. The standard InChI is InChI=1S/C13H19NO4S2/c1-8(2)10-4-5-14(7-10)20(17,18)11-6-9(3)12(19-11)13(15)16/h6,8,10H,4-5,7H2,1-3H3,(H,15,16). The van der Waals surface area contributed by atoms with Crippen molar-refractivity contribution in [3.05, 3.63) is 16.5 Å². The van der Waals surface area contributed by atoms with Crippen LogP contribution < -0.4 is 0 Å². The molecular weight excluding hydrogens is 298 g/mol. The Morgan fingerprint density at radius 3 is 2.60 bits per heavy atom. The predicted molar refractivity (Wildman–Crippen MR) is 77.7 cm³/mol. The fourth-order valence-corrected chi connectivity index (χ4v) is 5.48. The number of rotatable bonds is 4. The number of sulfonamides is 1. The van der Waals surface area contributed by atoms with Crippen LogP contribution in [0.4, 0.5) is 0 Å². The molecule has 0 spiro atoms. The lowest BCUT2D eigenvalue weighted by atomic mass is 9.96. The molecule has 1 aliphatic heterocycles. The van der Waals surface area contributed by atoms with Gasteiger partial charge in [0.1, 0.15) is 9.09 Å². The third kappa shape index (κ3) is 2.75. The van der Waals surface area contributed by atoms with Gasteiger partial charge in [0.05, 0.1) is 0 Å². The van der Waals surface area contributed by atoms with Gasteiger partial charge >= 0.3 is 5.97 Å². The number of hydrogen-bond donors (Lipinski definition) is 1. The molecule has 1 atom stereocenters. The van der Waals surface area contributed by atoms with Crippen molar-refractivity contribution in [2.24, 2.45) is 11.8 Å². The van der Waals surface area contributed by atoms with Crippen molar-refractivity contribution in [3.63, 3.8) is 0 Å². The second-order valence-corrected chi connectivity index (χ2v) is 8.76. The molecular formula is C13H19NO4S2. The van der Waals surface area contributed by atoms with Crippen molar-refractivity contribution in [1.82, 2.24) is 4.31 Å². The minimum Gasteiger partial charge on any atom is -0.477 e. The molecule has 7 heteroatoms. The van der Waals surface area contributed by atoms with E-state index in [1.54, 1.807) is 6.92 Å². The molecule has 1 aromatic rings. The first kappa shape index (κ1) is 15.5. The normalized spacial score (nSPS) is 20.7. The molecule has 2 heterocycles. The molecule has 1 fully saturated rings. The van der Waals surface area contributed by atoms with Gasteiger partial charge in [-0.2, -0.15) is 4.31 Å². The molecule has 0 radical (unpaired) electrons. The summed E-state index contributed by atoms with van der Waals surface area (Å²) >= 11 is 0.842. The number of carboxylic acid groups (broad SMARTS) is 1. The zero-order valence-corrected chi connectivity index (χ0v) is 13.4. The zero-order valence-electron chi connectivity index (χ0n) is 11.8. The van der Waals surface area contributed by atoms with Crippen molar-refractivity contribution in [1.29, 1.82) is 0 Å². The average molecular weight is 317 g/mol. The number of thiophene rings is 1. The lowest BCUT2D eigenvalue weighted by Crippen LogP contribution is -2.28. The van der Waals surface area contributed by atoms with Crippen LogP contribution in [0.3, 0.4) is 0 Å². The number of nitrogens with zero attached hydrogens (tertiary/aromatic N) is 1. The highest BCUT2D eigenvalue weighted by Crippen LogP contribution is 2.33. The topological polar surface area (TPSA) is 74.7 Å². The van der Waals surface area contributed by atoms with Gasteiger partial charge in [-0.05, 0) is 36.8 Å². The van der Waals surface area contributed by atoms with E-state index in [2.05, 4.69) is 13.8 Å². The molecule has 0 aromatic carbocycles. The van der Waals surface area contributed by atoms with Crippen LogP contribution in [0.5, 0.6) is 0 Å². The van der Waals surface area contributed by atoms with Crippen molar-refractivity contribution >= 4 is 27.3 Å². The number of aryl methyl sites for hydroxylation is 1. The molecule has 1 aliphatic rings. The minimum absolute atomic E-state index is 0.100. The van der Waals surface area contributed by atoms with E-state index in [-0.39, 0.29) is 9.09 Å². The average Bonchev–Trinajstić information content (AvgIpc) is 2.94. The lowest BCUT2D eigenvalue weighted by molar-refractivity contribution is 0.0701. The third-order valence-corrected chi connectivity index (χ3v) is 7.35. The summed E-state index contributed by atoms with van der Waals surface area (Å²) in [4.78, 5) is 11.1. The van der Waals surface area contributed by atoms with Crippen molar-refractivity contribution < 1.29 is 18.3 Å². The highest BCUT2D eigenvalue weighted by molar-refractivity contribution is 7.91. The summed E-state index contributed by atoms with van der Waals surface area (Å²) < 4.78 is 26.7. The second-order valence-electron chi connectivity index (χ2n) is 5.54. The first-order chi connectivity index (χ1) is 9.23. The van der Waals surface area contributed by atoms with Crippen LogP contribution in [0.15, 0.2) is 10.3 Å². The van der Waals surface area contributed by atoms with E-state index < -0.39 is 16.0 Å². The highest BCUT2D eigenvalue weighted by Gasteiger charge is 2.35. The Morgan fingerprint density at radius 1 is 1.50 bits per heavy atom. The van der Waals surface area contributed by atoms with Gasteiger partial charge in [-0.25, -0.2) is 13.2 Å². The molecule has 0 amide bonds. The summed E-state index contributed by atoms with van der Waals surface area (Å²) in [6, 6.07) is 1.46. The molecule has 1 aromatic heterocycles. The molecule has 0 aliphatic carbocycles. The molecule has 1 saturated heterocycles. The predicted octanol–water partition coefficient (Wildman–Crippen LogP) is 2.42. The van der Waals surface area contributed by atoms with Crippen LogP contribution in [0.25, 0.3) is 0 Å². The lowest BCUT2D eigenvalue weighted by Gasteiger charge is -2.17. The maximum Gasteiger partial charge on any atom is 0.346 e. The van der Waals surface area contributed by atoms with E-state index in [4.69, 9.17) is 5.11 Å². The van der Waals surface area contributed by atoms with Gasteiger partial charge in [0, 0.05) is 13.1 Å². The van der Waals surface area contributed by atoms with Crippen molar-refractivity contribution in [3.8, 4) is 0 Å². The molecule has 0 bridgehead atoms.